The van der Waals surface area contributed by atoms with Gasteiger partial charge in [0, 0.05) is 35.2 Å². The Bertz CT molecular complexity index is 874. The van der Waals surface area contributed by atoms with Crippen LogP contribution >= 0.6 is 0 Å². The number of hydrogen-bond donors (Lipinski definition) is 2. The van der Waals surface area contributed by atoms with Crippen LogP contribution in [-0.4, -0.2) is 45.6 Å². The number of nitrogens with one attached hydrogen (secondary N) is 1. The van der Waals surface area contributed by atoms with E-state index in [9.17, 15) is 41.0 Å². The molecule has 1 aliphatic rings. The van der Waals surface area contributed by atoms with E-state index in [-0.39, 0.29) is 27.7 Å². The van der Waals surface area contributed by atoms with Gasteiger partial charge in [0.2, 0.25) is 0 Å². The van der Waals surface area contributed by atoms with Crippen LogP contribution in [0.4, 0.5) is 32.0 Å². The lowest BCUT2D eigenvalue weighted by Crippen LogP contribution is -2.56. The molecule has 0 unspecified atom stereocenters. The van der Waals surface area contributed by atoms with Gasteiger partial charge in [0.15, 0.2) is 0 Å². The molecular formula is C17H15F6N3O3. The molecule has 0 aliphatic carbocycles. The van der Waals surface area contributed by atoms with Crippen LogP contribution in [0.1, 0.15) is 30.6 Å². The average molecular weight is 423 g/mol. The van der Waals surface area contributed by atoms with Gasteiger partial charge in [-0.25, -0.2) is 0 Å². The first-order valence-electron chi connectivity index (χ1n) is 7.99. The standard InChI is InChI=1S/C17H15F6N3O3/c1-9(7-13(27)16(18,19)20)24-12-5-3-11(4-6-12)14(28)26-15(29,17(21,22)23)8-10(2)25-26/h3-7,24,29H,8H2,1-2H3/b9-7+/t15-/m0/s1. The van der Waals surface area contributed by atoms with E-state index in [2.05, 4.69) is 10.4 Å². The lowest BCUT2D eigenvalue weighted by Gasteiger charge is -2.32. The first-order valence-corrected chi connectivity index (χ1v) is 7.99. The van der Waals surface area contributed by atoms with E-state index in [4.69, 9.17) is 0 Å². The molecule has 0 saturated carbocycles. The minimum atomic E-state index is -5.14. The molecule has 1 aromatic rings. The highest BCUT2D eigenvalue weighted by atomic mass is 19.4. The predicted molar refractivity (Wildman–Crippen MR) is 89.8 cm³/mol. The van der Waals surface area contributed by atoms with Crippen molar-refractivity contribution in [2.75, 3.05) is 5.32 Å². The van der Waals surface area contributed by atoms with Crippen LogP contribution in [0.2, 0.25) is 0 Å². The number of hydrogen-bond acceptors (Lipinski definition) is 5. The zero-order chi connectivity index (χ0) is 22.2. The zero-order valence-electron chi connectivity index (χ0n) is 15.0. The maximum atomic E-state index is 13.2. The Morgan fingerprint density at radius 2 is 1.72 bits per heavy atom. The summed E-state index contributed by atoms with van der Waals surface area (Å²) >= 11 is 0. The number of ketones is 1. The lowest BCUT2D eigenvalue weighted by molar-refractivity contribution is -0.297. The molecule has 0 saturated heterocycles. The maximum Gasteiger partial charge on any atom is 0.454 e. The van der Waals surface area contributed by atoms with Crippen LogP contribution in [0, 0.1) is 0 Å². The van der Waals surface area contributed by atoms with Crippen LogP contribution in [0.5, 0.6) is 0 Å². The minimum absolute atomic E-state index is 0.0437. The van der Waals surface area contributed by atoms with Crippen molar-refractivity contribution in [2.24, 2.45) is 5.10 Å². The number of carbonyl (C=O) groups excluding carboxylic acids is 2. The summed E-state index contributed by atoms with van der Waals surface area (Å²) in [4.78, 5) is 23.3. The highest BCUT2D eigenvalue weighted by molar-refractivity contribution is 5.98. The molecule has 0 radical (unpaired) electrons. The molecule has 1 aliphatic heterocycles. The third-order valence-electron chi connectivity index (χ3n) is 3.87. The van der Waals surface area contributed by atoms with Gasteiger partial charge in [0.05, 0.1) is 0 Å². The molecule has 0 spiro atoms. The Morgan fingerprint density at radius 1 is 1.17 bits per heavy atom. The van der Waals surface area contributed by atoms with Gasteiger partial charge >= 0.3 is 12.4 Å². The van der Waals surface area contributed by atoms with Gasteiger partial charge in [-0.2, -0.15) is 36.5 Å². The Hall–Kier alpha value is -2.89. The molecule has 1 atom stereocenters. The van der Waals surface area contributed by atoms with Crippen LogP contribution in [0.15, 0.2) is 41.1 Å². The fourth-order valence-corrected chi connectivity index (χ4v) is 2.51. The van der Waals surface area contributed by atoms with Crippen molar-refractivity contribution >= 4 is 23.1 Å². The summed E-state index contributed by atoms with van der Waals surface area (Å²) < 4.78 is 76.3. The van der Waals surface area contributed by atoms with Crippen molar-refractivity contribution < 1.29 is 41.0 Å². The Labute approximate surface area is 160 Å². The molecule has 2 N–H and O–H groups in total. The highest BCUT2D eigenvalue weighted by Gasteiger charge is 2.62. The summed E-state index contributed by atoms with van der Waals surface area (Å²) in [5, 5.41) is 15.9. The van der Waals surface area contributed by atoms with Crippen molar-refractivity contribution in [2.45, 2.75) is 38.3 Å². The van der Waals surface area contributed by atoms with E-state index >= 15 is 0 Å². The number of alkyl halides is 6. The molecule has 0 bridgehead atoms. The van der Waals surface area contributed by atoms with Crippen molar-refractivity contribution in [1.82, 2.24) is 5.01 Å². The summed E-state index contributed by atoms with van der Waals surface area (Å²) in [7, 11) is 0. The molecule has 1 amide bonds. The Balaban J connectivity index is 2.19. The van der Waals surface area contributed by atoms with E-state index in [0.717, 1.165) is 12.1 Å². The Kier molecular flexibility index (Phi) is 5.79. The van der Waals surface area contributed by atoms with Crippen molar-refractivity contribution in [3.05, 3.63) is 41.6 Å². The van der Waals surface area contributed by atoms with Crippen LogP contribution < -0.4 is 5.32 Å². The van der Waals surface area contributed by atoms with E-state index in [1.807, 2.05) is 0 Å². The number of aliphatic hydroxyl groups is 1. The number of benzene rings is 1. The smallest absolute Gasteiger partial charge is 0.362 e. The van der Waals surface area contributed by atoms with Crippen LogP contribution in [0.3, 0.4) is 0 Å². The number of carbonyl (C=O) groups is 2. The summed E-state index contributed by atoms with van der Waals surface area (Å²) in [5.41, 5.74) is -3.77. The normalized spacial score (nSPS) is 20.5. The topological polar surface area (TPSA) is 82.0 Å². The van der Waals surface area contributed by atoms with Gasteiger partial charge in [-0.1, -0.05) is 0 Å². The first-order chi connectivity index (χ1) is 13.1. The van der Waals surface area contributed by atoms with Gasteiger partial charge in [0.1, 0.15) is 0 Å². The molecule has 0 aromatic heterocycles. The summed E-state index contributed by atoms with van der Waals surface area (Å²) in [6.45, 7) is 2.43. The van der Waals surface area contributed by atoms with Crippen molar-refractivity contribution in [1.29, 1.82) is 0 Å². The Morgan fingerprint density at radius 3 is 2.21 bits per heavy atom. The second kappa shape index (κ2) is 7.50. The quantitative estimate of drug-likeness (QED) is 0.573. The molecule has 12 heteroatoms. The van der Waals surface area contributed by atoms with Crippen molar-refractivity contribution in [3.63, 3.8) is 0 Å². The third-order valence-corrected chi connectivity index (χ3v) is 3.87. The molecule has 29 heavy (non-hydrogen) atoms. The fourth-order valence-electron chi connectivity index (χ4n) is 2.51. The molecule has 1 heterocycles. The van der Waals surface area contributed by atoms with Crippen LogP contribution in [-0.2, 0) is 4.79 Å². The van der Waals surface area contributed by atoms with E-state index in [1.165, 1.54) is 26.0 Å². The summed E-state index contributed by atoms with van der Waals surface area (Å²) in [5.74, 6) is -3.28. The SMILES string of the molecule is CC1=NN(C(=O)c2ccc(N/C(C)=C/C(=O)C(F)(F)F)cc2)[C@@](O)(C(F)(F)F)C1. The maximum absolute atomic E-state index is 13.2. The monoisotopic (exact) mass is 423 g/mol. The number of allylic oxidation sites excluding steroid dienone is 2. The van der Waals surface area contributed by atoms with Gasteiger partial charge < -0.3 is 10.4 Å². The second-order valence-electron chi connectivity index (χ2n) is 6.34. The molecule has 6 nitrogen and oxygen atoms in total. The molecule has 0 fully saturated rings. The van der Waals surface area contributed by atoms with Gasteiger partial charge in [-0.15, -0.1) is 0 Å². The van der Waals surface area contributed by atoms with E-state index in [1.54, 1.807) is 0 Å². The molecule has 158 valence electrons. The molecule has 1 aromatic carbocycles. The molecule has 2 rings (SSSR count). The number of rotatable bonds is 4. The van der Waals surface area contributed by atoms with Crippen molar-refractivity contribution in [3.8, 4) is 0 Å². The van der Waals surface area contributed by atoms with Gasteiger partial charge in [-0.05, 0) is 38.1 Å². The largest absolute Gasteiger partial charge is 0.454 e. The molecular weight excluding hydrogens is 408 g/mol. The number of nitrogens with zero attached hydrogens (tertiary/aromatic N) is 2. The first kappa shape index (κ1) is 22.4. The van der Waals surface area contributed by atoms with Crippen LogP contribution in [0.25, 0.3) is 0 Å². The third kappa shape index (κ3) is 4.75. The summed E-state index contributed by atoms with van der Waals surface area (Å²) in [6, 6.07) is 4.62. The van der Waals surface area contributed by atoms with Gasteiger partial charge in [-0.3, -0.25) is 9.59 Å². The highest BCUT2D eigenvalue weighted by Crippen LogP contribution is 2.40. The fraction of sp³-hybridized carbons (Fsp3) is 0.353. The number of anilines is 1. The minimum Gasteiger partial charge on any atom is -0.362 e. The van der Waals surface area contributed by atoms with E-state index < -0.39 is 36.2 Å². The number of amides is 1. The number of halogens is 6. The average Bonchev–Trinajstić information content (AvgIpc) is 2.89. The number of hydrazone groups is 1. The van der Waals surface area contributed by atoms with E-state index in [0.29, 0.717) is 6.08 Å². The zero-order valence-corrected chi connectivity index (χ0v) is 15.0. The predicted octanol–water partition coefficient (Wildman–Crippen LogP) is 3.61. The van der Waals surface area contributed by atoms with Gasteiger partial charge in [0.25, 0.3) is 17.4 Å². The lowest BCUT2D eigenvalue weighted by atomic mass is 10.1. The summed E-state index contributed by atoms with van der Waals surface area (Å²) in [6.07, 6.45) is -10.7. The second-order valence-corrected chi connectivity index (χ2v) is 6.34.